The number of carbonyl (C=O) groups is 1. The molecule has 9 nitrogen and oxygen atoms in total. The maximum atomic E-state index is 14.1. The van der Waals surface area contributed by atoms with Crippen molar-refractivity contribution >= 4 is 22.6 Å². The Morgan fingerprint density at radius 2 is 2.18 bits per heavy atom. The first kappa shape index (κ1) is 22.6. The molecular formula is C23H25FN6O3. The van der Waals surface area contributed by atoms with E-state index >= 15 is 0 Å². The van der Waals surface area contributed by atoms with Crippen LogP contribution in [0.4, 0.5) is 10.1 Å². The number of halogens is 1. The SMILES string of the molecule is CC(C)(O)[C@H](F)CNC(=O)c1cnc(-n2ccc3cc(C#N)cnc32)cc1NCC1COC1. The first-order valence-electron chi connectivity index (χ1n) is 10.6. The first-order valence-corrected chi connectivity index (χ1v) is 10.6. The molecule has 1 fully saturated rings. The molecule has 0 saturated carbocycles. The molecule has 1 aliphatic rings. The second kappa shape index (κ2) is 9.13. The van der Waals surface area contributed by atoms with Crippen LogP contribution in [-0.2, 0) is 4.74 Å². The largest absolute Gasteiger partial charge is 0.387 e. The Bertz CT molecular complexity index is 1210. The van der Waals surface area contributed by atoms with E-state index in [1.165, 1.54) is 26.2 Å². The van der Waals surface area contributed by atoms with E-state index < -0.39 is 17.7 Å². The molecule has 4 heterocycles. The van der Waals surface area contributed by atoms with E-state index in [1.807, 2.05) is 6.07 Å². The molecule has 3 N–H and O–H groups in total. The lowest BCUT2D eigenvalue weighted by atomic mass is 10.0. The predicted octanol–water partition coefficient (Wildman–Crippen LogP) is 2.19. The van der Waals surface area contributed by atoms with Gasteiger partial charge in [0.25, 0.3) is 5.91 Å². The van der Waals surface area contributed by atoms with Gasteiger partial charge >= 0.3 is 0 Å². The van der Waals surface area contributed by atoms with Gasteiger partial charge in [-0.15, -0.1) is 0 Å². The second-order valence-corrected chi connectivity index (χ2v) is 8.64. The van der Waals surface area contributed by atoms with Crippen molar-refractivity contribution in [2.75, 3.05) is 31.6 Å². The highest BCUT2D eigenvalue weighted by Crippen LogP contribution is 2.24. The fraction of sp³-hybridized carbons (Fsp3) is 0.391. The summed E-state index contributed by atoms with van der Waals surface area (Å²) >= 11 is 0. The minimum Gasteiger partial charge on any atom is -0.387 e. The van der Waals surface area contributed by atoms with E-state index in [0.29, 0.717) is 48.4 Å². The fourth-order valence-corrected chi connectivity index (χ4v) is 3.36. The zero-order chi connectivity index (χ0) is 23.6. The minimum atomic E-state index is -1.62. The van der Waals surface area contributed by atoms with Crippen molar-refractivity contribution in [3.8, 4) is 11.9 Å². The third-order valence-corrected chi connectivity index (χ3v) is 5.53. The Morgan fingerprint density at radius 3 is 2.85 bits per heavy atom. The first-order chi connectivity index (χ1) is 15.8. The van der Waals surface area contributed by atoms with Crippen LogP contribution in [0, 0.1) is 17.2 Å². The molecule has 1 aliphatic heterocycles. The number of nitriles is 1. The number of carbonyl (C=O) groups excluding carboxylic acids is 1. The summed E-state index contributed by atoms with van der Waals surface area (Å²) in [6.45, 7) is 4.28. The van der Waals surface area contributed by atoms with Crippen LogP contribution in [0.1, 0.15) is 29.8 Å². The number of ether oxygens (including phenoxy) is 1. The number of fused-ring (bicyclic) bond motifs is 1. The highest BCUT2D eigenvalue weighted by molar-refractivity contribution is 5.99. The van der Waals surface area contributed by atoms with Crippen LogP contribution >= 0.6 is 0 Å². The fourth-order valence-electron chi connectivity index (χ4n) is 3.36. The predicted molar refractivity (Wildman–Crippen MR) is 120 cm³/mol. The van der Waals surface area contributed by atoms with Gasteiger partial charge in [0, 0.05) is 42.5 Å². The summed E-state index contributed by atoms with van der Waals surface area (Å²) in [5, 5.41) is 25.5. The highest BCUT2D eigenvalue weighted by atomic mass is 19.1. The van der Waals surface area contributed by atoms with Crippen molar-refractivity contribution in [3.63, 3.8) is 0 Å². The van der Waals surface area contributed by atoms with Crippen LogP contribution in [0.15, 0.2) is 36.8 Å². The molecule has 1 amide bonds. The van der Waals surface area contributed by atoms with Gasteiger partial charge < -0.3 is 20.5 Å². The Kier molecular flexibility index (Phi) is 6.26. The summed E-state index contributed by atoms with van der Waals surface area (Å²) < 4.78 is 21.1. The monoisotopic (exact) mass is 452 g/mol. The summed E-state index contributed by atoms with van der Waals surface area (Å²) in [5.41, 5.74) is 0.330. The number of rotatable bonds is 8. The standard InChI is InChI=1S/C23H25FN6O3/c1-23(2,32)19(24)11-29-22(31)17-10-27-20(6-18(17)26-9-15-12-33-13-15)30-4-3-16-5-14(7-25)8-28-21(16)30/h3-6,8,10,15,19,32H,9,11-13H2,1-2H3,(H,26,27)(H,29,31)/t19-/m1/s1. The number of hydrogen-bond donors (Lipinski definition) is 3. The average Bonchev–Trinajstić information content (AvgIpc) is 3.18. The van der Waals surface area contributed by atoms with E-state index in [0.717, 1.165) is 5.39 Å². The topological polar surface area (TPSA) is 125 Å². The Balaban J connectivity index is 1.62. The van der Waals surface area contributed by atoms with Gasteiger partial charge in [-0.05, 0) is 26.0 Å². The summed E-state index contributed by atoms with van der Waals surface area (Å²) in [7, 11) is 0. The summed E-state index contributed by atoms with van der Waals surface area (Å²) in [6, 6.07) is 7.38. The molecule has 3 aromatic rings. The molecule has 0 aromatic carbocycles. The quantitative estimate of drug-likeness (QED) is 0.478. The maximum absolute atomic E-state index is 14.1. The van der Waals surface area contributed by atoms with E-state index in [1.54, 1.807) is 22.9 Å². The van der Waals surface area contributed by atoms with Gasteiger partial charge in [0.2, 0.25) is 0 Å². The van der Waals surface area contributed by atoms with E-state index in [2.05, 4.69) is 26.7 Å². The number of amides is 1. The molecule has 0 bridgehead atoms. The van der Waals surface area contributed by atoms with Gasteiger partial charge in [-0.2, -0.15) is 5.26 Å². The Morgan fingerprint density at radius 1 is 1.39 bits per heavy atom. The van der Waals surface area contributed by atoms with Crippen molar-refractivity contribution in [2.45, 2.75) is 25.6 Å². The van der Waals surface area contributed by atoms with Crippen LogP contribution in [0.2, 0.25) is 0 Å². The number of aromatic nitrogens is 3. The Labute approximate surface area is 190 Å². The maximum Gasteiger partial charge on any atom is 0.255 e. The normalized spacial score (nSPS) is 15.0. The van der Waals surface area contributed by atoms with Gasteiger partial charge in [-0.25, -0.2) is 14.4 Å². The van der Waals surface area contributed by atoms with Gasteiger partial charge in [-0.3, -0.25) is 9.36 Å². The van der Waals surface area contributed by atoms with E-state index in [-0.39, 0.29) is 12.1 Å². The lowest BCUT2D eigenvalue weighted by molar-refractivity contribution is -0.0248. The van der Waals surface area contributed by atoms with Gasteiger partial charge in [-0.1, -0.05) is 0 Å². The number of nitrogens with one attached hydrogen (secondary N) is 2. The second-order valence-electron chi connectivity index (χ2n) is 8.64. The van der Waals surface area contributed by atoms with Crippen molar-refractivity contribution in [3.05, 3.63) is 47.9 Å². The van der Waals surface area contributed by atoms with Crippen LogP contribution in [-0.4, -0.2) is 63.6 Å². The van der Waals surface area contributed by atoms with Gasteiger partial charge in [0.15, 0.2) is 0 Å². The van der Waals surface area contributed by atoms with Crippen LogP contribution < -0.4 is 10.6 Å². The van der Waals surface area contributed by atoms with Crippen LogP contribution in [0.25, 0.3) is 16.9 Å². The number of anilines is 1. The molecule has 4 rings (SSSR count). The number of nitrogens with zero attached hydrogens (tertiary/aromatic N) is 4. The zero-order valence-electron chi connectivity index (χ0n) is 18.4. The molecule has 3 aromatic heterocycles. The number of aliphatic hydroxyl groups is 1. The minimum absolute atomic E-state index is 0.262. The lowest BCUT2D eigenvalue weighted by Gasteiger charge is -2.27. The zero-order valence-corrected chi connectivity index (χ0v) is 18.4. The van der Waals surface area contributed by atoms with Crippen LogP contribution in [0.5, 0.6) is 0 Å². The van der Waals surface area contributed by atoms with E-state index in [9.17, 15) is 14.3 Å². The van der Waals surface area contributed by atoms with Crippen molar-refractivity contribution in [1.82, 2.24) is 19.9 Å². The third kappa shape index (κ3) is 4.94. The van der Waals surface area contributed by atoms with Gasteiger partial charge in [0.1, 0.15) is 23.7 Å². The molecule has 1 atom stereocenters. The van der Waals surface area contributed by atoms with Crippen molar-refractivity contribution < 1.29 is 19.0 Å². The van der Waals surface area contributed by atoms with Crippen molar-refractivity contribution in [1.29, 1.82) is 5.26 Å². The molecule has 172 valence electrons. The average molecular weight is 452 g/mol. The van der Waals surface area contributed by atoms with Crippen molar-refractivity contribution in [2.24, 2.45) is 5.92 Å². The third-order valence-electron chi connectivity index (χ3n) is 5.53. The molecule has 0 spiro atoms. The number of alkyl halides is 1. The highest BCUT2D eigenvalue weighted by Gasteiger charge is 2.27. The lowest BCUT2D eigenvalue weighted by Crippen LogP contribution is -2.42. The summed E-state index contributed by atoms with van der Waals surface area (Å²) in [4.78, 5) is 21.6. The molecule has 0 aliphatic carbocycles. The molecule has 10 heteroatoms. The molecule has 33 heavy (non-hydrogen) atoms. The number of pyridine rings is 2. The molecular weight excluding hydrogens is 427 g/mol. The van der Waals surface area contributed by atoms with Gasteiger partial charge in [0.05, 0.1) is 42.2 Å². The van der Waals surface area contributed by atoms with Crippen LogP contribution in [0.3, 0.4) is 0 Å². The summed E-state index contributed by atoms with van der Waals surface area (Å²) in [5.74, 6) is 0.370. The van der Waals surface area contributed by atoms with E-state index in [4.69, 9.17) is 10.00 Å². The smallest absolute Gasteiger partial charge is 0.255 e. The molecule has 0 radical (unpaired) electrons. The summed E-state index contributed by atoms with van der Waals surface area (Å²) in [6.07, 6.45) is 3.10. The number of hydrogen-bond acceptors (Lipinski definition) is 7. The molecule has 1 saturated heterocycles. The Hall–Kier alpha value is -3.55. The molecule has 0 unspecified atom stereocenters.